The third-order valence-electron chi connectivity index (χ3n) is 1.75. The summed E-state index contributed by atoms with van der Waals surface area (Å²) in [4.78, 5) is 0. The predicted molar refractivity (Wildman–Crippen MR) is 51.9 cm³/mol. The molecule has 0 saturated carbocycles. The van der Waals surface area contributed by atoms with Gasteiger partial charge in [-0.3, -0.25) is 0 Å². The van der Waals surface area contributed by atoms with E-state index in [0.717, 1.165) is 26.1 Å². The van der Waals surface area contributed by atoms with Gasteiger partial charge in [-0.15, -0.1) is 10.2 Å². The van der Waals surface area contributed by atoms with Crippen LogP contribution < -0.4 is 5.73 Å². The summed E-state index contributed by atoms with van der Waals surface area (Å²) in [6, 6.07) is 0. The predicted octanol–water partition coefficient (Wildman–Crippen LogP) is 0.540. The van der Waals surface area contributed by atoms with Gasteiger partial charge in [0.1, 0.15) is 0 Å². The summed E-state index contributed by atoms with van der Waals surface area (Å²) in [5, 5.41) is 7.77. The van der Waals surface area contributed by atoms with Crippen molar-refractivity contribution in [3.8, 4) is 0 Å². The van der Waals surface area contributed by atoms with E-state index in [1.807, 2.05) is 6.92 Å². The number of nitrogens with two attached hydrogens (primary N) is 1. The second-order valence-electron chi connectivity index (χ2n) is 2.93. The number of hydrogen-bond donors (Lipinski definition) is 1. The first-order valence-electron chi connectivity index (χ1n) is 4.96. The Balaban J connectivity index is 2.22. The molecule has 1 heterocycles. The molecule has 5 heteroatoms. The van der Waals surface area contributed by atoms with Gasteiger partial charge in [0.25, 0.3) is 0 Å². The first kappa shape index (κ1) is 11.1. The Morgan fingerprint density at radius 3 is 2.64 bits per heavy atom. The van der Waals surface area contributed by atoms with E-state index < -0.39 is 0 Å². The number of rotatable bonds is 7. The zero-order valence-corrected chi connectivity index (χ0v) is 8.53. The Morgan fingerprint density at radius 1 is 1.29 bits per heavy atom. The molecule has 0 fully saturated rings. The van der Waals surface area contributed by atoms with Crippen LogP contribution >= 0.6 is 0 Å². The lowest BCUT2D eigenvalue weighted by Crippen LogP contribution is -2.02. The van der Waals surface area contributed by atoms with Crippen LogP contribution in [0.3, 0.4) is 0 Å². The minimum Gasteiger partial charge on any atom is -0.425 e. The van der Waals surface area contributed by atoms with Gasteiger partial charge in [-0.2, -0.15) is 0 Å². The van der Waals surface area contributed by atoms with Gasteiger partial charge in [-0.1, -0.05) is 0 Å². The molecule has 0 radical (unpaired) electrons. The molecular formula is C9H17N3O2. The largest absolute Gasteiger partial charge is 0.425 e. The molecule has 0 spiro atoms. The third-order valence-corrected chi connectivity index (χ3v) is 1.75. The van der Waals surface area contributed by atoms with Gasteiger partial charge in [0.15, 0.2) is 0 Å². The number of ether oxygens (including phenoxy) is 1. The molecule has 0 aromatic carbocycles. The Hall–Kier alpha value is -0.940. The van der Waals surface area contributed by atoms with Gasteiger partial charge < -0.3 is 14.9 Å². The van der Waals surface area contributed by atoms with Crippen LogP contribution in [0.1, 0.15) is 25.1 Å². The molecule has 0 aliphatic carbocycles. The molecule has 5 nitrogen and oxygen atoms in total. The number of aryl methyl sites for hydroxylation is 1. The van der Waals surface area contributed by atoms with Gasteiger partial charge in [-0.25, -0.2) is 0 Å². The summed E-state index contributed by atoms with van der Waals surface area (Å²) < 4.78 is 10.5. The van der Waals surface area contributed by atoms with Crippen molar-refractivity contribution in [2.24, 2.45) is 5.73 Å². The Labute approximate surface area is 83.6 Å². The van der Waals surface area contributed by atoms with E-state index in [2.05, 4.69) is 10.2 Å². The molecule has 0 aliphatic heterocycles. The molecule has 0 bridgehead atoms. The topological polar surface area (TPSA) is 74.2 Å². The average molecular weight is 199 g/mol. The molecule has 14 heavy (non-hydrogen) atoms. The van der Waals surface area contributed by atoms with E-state index in [-0.39, 0.29) is 0 Å². The highest BCUT2D eigenvalue weighted by Gasteiger charge is 2.04. The van der Waals surface area contributed by atoms with Crippen LogP contribution in [-0.2, 0) is 17.6 Å². The van der Waals surface area contributed by atoms with E-state index >= 15 is 0 Å². The molecule has 0 saturated heterocycles. The van der Waals surface area contributed by atoms with Crippen LogP contribution in [0.25, 0.3) is 0 Å². The highest BCUT2D eigenvalue weighted by molar-refractivity contribution is 4.82. The minimum atomic E-state index is 0.542. The SMILES string of the molecule is CCOCCCc1nnc(CCN)o1. The van der Waals surface area contributed by atoms with Crippen LogP contribution in [0.15, 0.2) is 4.42 Å². The number of aromatic nitrogens is 2. The summed E-state index contributed by atoms with van der Waals surface area (Å²) in [5.74, 6) is 1.30. The molecular weight excluding hydrogens is 182 g/mol. The van der Waals surface area contributed by atoms with Crippen molar-refractivity contribution in [3.05, 3.63) is 11.8 Å². The smallest absolute Gasteiger partial charge is 0.217 e. The van der Waals surface area contributed by atoms with E-state index in [1.54, 1.807) is 0 Å². The quantitative estimate of drug-likeness (QED) is 0.649. The normalized spacial score (nSPS) is 10.7. The number of nitrogens with zero attached hydrogens (tertiary/aromatic N) is 2. The highest BCUT2D eigenvalue weighted by atomic mass is 16.5. The van der Waals surface area contributed by atoms with E-state index in [9.17, 15) is 0 Å². The zero-order valence-electron chi connectivity index (χ0n) is 8.53. The van der Waals surface area contributed by atoms with Gasteiger partial charge in [0.05, 0.1) is 0 Å². The minimum absolute atomic E-state index is 0.542. The Morgan fingerprint density at radius 2 is 2.00 bits per heavy atom. The molecule has 2 N–H and O–H groups in total. The molecule has 0 amide bonds. The monoisotopic (exact) mass is 199 g/mol. The highest BCUT2D eigenvalue weighted by Crippen LogP contribution is 2.03. The van der Waals surface area contributed by atoms with Crippen LogP contribution in [0.2, 0.25) is 0 Å². The van der Waals surface area contributed by atoms with Crippen LogP contribution in [0.4, 0.5) is 0 Å². The lowest BCUT2D eigenvalue weighted by Gasteiger charge is -1.97. The van der Waals surface area contributed by atoms with Crippen LogP contribution in [-0.4, -0.2) is 30.0 Å². The molecule has 0 aliphatic rings. The average Bonchev–Trinajstić information content (AvgIpc) is 2.61. The number of hydrogen-bond acceptors (Lipinski definition) is 5. The molecule has 0 atom stereocenters. The van der Waals surface area contributed by atoms with Crippen molar-refractivity contribution in [3.63, 3.8) is 0 Å². The van der Waals surface area contributed by atoms with Crippen LogP contribution in [0, 0.1) is 0 Å². The molecule has 80 valence electrons. The Kier molecular flexibility index (Phi) is 5.17. The van der Waals surface area contributed by atoms with Crippen molar-refractivity contribution in [2.75, 3.05) is 19.8 Å². The van der Waals surface area contributed by atoms with E-state index in [0.29, 0.717) is 24.7 Å². The third kappa shape index (κ3) is 3.85. The standard InChI is InChI=1S/C9H17N3O2/c1-2-13-7-3-4-8-11-12-9(14-8)5-6-10/h2-7,10H2,1H3. The fourth-order valence-electron chi connectivity index (χ4n) is 1.08. The summed E-state index contributed by atoms with van der Waals surface area (Å²) in [6.45, 7) is 4.01. The molecule has 1 aromatic heterocycles. The zero-order chi connectivity index (χ0) is 10.2. The van der Waals surface area contributed by atoms with E-state index in [4.69, 9.17) is 14.9 Å². The van der Waals surface area contributed by atoms with Gasteiger partial charge in [0, 0.05) is 32.6 Å². The first-order valence-corrected chi connectivity index (χ1v) is 4.96. The van der Waals surface area contributed by atoms with Gasteiger partial charge in [0.2, 0.25) is 11.8 Å². The summed E-state index contributed by atoms with van der Waals surface area (Å²) in [5.41, 5.74) is 5.36. The Bertz CT molecular complexity index is 250. The first-order chi connectivity index (χ1) is 6.86. The van der Waals surface area contributed by atoms with Gasteiger partial charge >= 0.3 is 0 Å². The fraction of sp³-hybridized carbons (Fsp3) is 0.778. The lowest BCUT2D eigenvalue weighted by molar-refractivity contribution is 0.143. The van der Waals surface area contributed by atoms with Crippen molar-refractivity contribution in [1.29, 1.82) is 0 Å². The van der Waals surface area contributed by atoms with Crippen molar-refractivity contribution in [2.45, 2.75) is 26.2 Å². The summed E-state index contributed by atoms with van der Waals surface area (Å²) >= 11 is 0. The van der Waals surface area contributed by atoms with Crippen molar-refractivity contribution >= 4 is 0 Å². The molecule has 0 unspecified atom stereocenters. The van der Waals surface area contributed by atoms with Crippen molar-refractivity contribution in [1.82, 2.24) is 10.2 Å². The lowest BCUT2D eigenvalue weighted by atomic mass is 10.3. The molecule has 1 rings (SSSR count). The summed E-state index contributed by atoms with van der Waals surface area (Å²) in [6.07, 6.45) is 2.34. The second kappa shape index (κ2) is 6.50. The maximum Gasteiger partial charge on any atom is 0.217 e. The van der Waals surface area contributed by atoms with E-state index in [1.165, 1.54) is 0 Å². The fourth-order valence-corrected chi connectivity index (χ4v) is 1.08. The summed E-state index contributed by atoms with van der Waals surface area (Å²) in [7, 11) is 0. The maximum absolute atomic E-state index is 5.36. The van der Waals surface area contributed by atoms with Crippen molar-refractivity contribution < 1.29 is 9.15 Å². The van der Waals surface area contributed by atoms with Crippen LogP contribution in [0.5, 0.6) is 0 Å². The maximum atomic E-state index is 5.36. The van der Waals surface area contributed by atoms with Gasteiger partial charge in [-0.05, 0) is 13.3 Å². The second-order valence-corrected chi connectivity index (χ2v) is 2.93. The molecule has 1 aromatic rings.